The summed E-state index contributed by atoms with van der Waals surface area (Å²) in [5.41, 5.74) is 4.26. The van der Waals surface area contributed by atoms with Crippen molar-refractivity contribution < 1.29 is 23.9 Å². The molecule has 234 valence electrons. The largest absolute Gasteiger partial charge is 0.487 e. The number of benzene rings is 2. The quantitative estimate of drug-likeness (QED) is 0.159. The maximum atomic E-state index is 13.0. The number of esters is 1. The van der Waals surface area contributed by atoms with Gasteiger partial charge in [-0.3, -0.25) is 9.59 Å². The van der Waals surface area contributed by atoms with E-state index in [2.05, 4.69) is 10.3 Å². The number of hydrogen-bond donors (Lipinski definition) is 1. The van der Waals surface area contributed by atoms with Crippen LogP contribution in [0, 0.1) is 6.92 Å². The smallest absolute Gasteiger partial charge is 0.356 e. The second-order valence-electron chi connectivity index (χ2n) is 10.2. The van der Waals surface area contributed by atoms with Crippen LogP contribution in [0.3, 0.4) is 0 Å². The first kappa shape index (κ1) is 33.2. The molecule has 4 aromatic rings. The van der Waals surface area contributed by atoms with Gasteiger partial charge in [0.15, 0.2) is 0 Å². The van der Waals surface area contributed by atoms with Gasteiger partial charge in [-0.2, -0.15) is 0 Å². The SMILES string of the molecule is CCOC(=O)c1ccc(C=CC(=O)NCC(=O)N(C)c2ccc(Cl)c(COc3cccc4c(N(C)C)cc(C)nc34)c2Cl)cn1. The van der Waals surface area contributed by atoms with E-state index in [9.17, 15) is 14.4 Å². The second kappa shape index (κ2) is 14.9. The van der Waals surface area contributed by atoms with Crippen molar-refractivity contribution in [3.8, 4) is 5.75 Å². The van der Waals surface area contributed by atoms with Crippen LogP contribution in [-0.4, -0.2) is 62.0 Å². The summed E-state index contributed by atoms with van der Waals surface area (Å²) < 4.78 is 11.1. The predicted octanol–water partition coefficient (Wildman–Crippen LogP) is 5.86. The molecule has 0 saturated carbocycles. The molecular weight excluding hydrogens is 617 g/mol. The minimum Gasteiger partial charge on any atom is -0.487 e. The Balaban J connectivity index is 1.41. The van der Waals surface area contributed by atoms with Crippen LogP contribution in [0.15, 0.2) is 60.8 Å². The van der Waals surface area contributed by atoms with Crippen molar-refractivity contribution in [1.82, 2.24) is 15.3 Å². The molecule has 1 N–H and O–H groups in total. The molecule has 0 aliphatic heterocycles. The number of likely N-dealkylation sites (N-methyl/N-ethyl adjacent to an activating group) is 1. The maximum absolute atomic E-state index is 13.0. The van der Waals surface area contributed by atoms with E-state index in [1.54, 1.807) is 32.2 Å². The number of carbonyl (C=O) groups is 3. The Kier molecular flexibility index (Phi) is 11.0. The second-order valence-corrected chi connectivity index (χ2v) is 11.0. The number of aromatic nitrogens is 2. The van der Waals surface area contributed by atoms with Crippen LogP contribution in [0.4, 0.5) is 11.4 Å². The molecule has 0 fully saturated rings. The number of fused-ring (bicyclic) bond motifs is 1. The zero-order valence-electron chi connectivity index (χ0n) is 25.6. The van der Waals surface area contributed by atoms with E-state index in [4.69, 9.17) is 37.7 Å². The van der Waals surface area contributed by atoms with Crippen LogP contribution < -0.4 is 19.9 Å². The topological polar surface area (TPSA) is 114 Å². The highest BCUT2D eigenvalue weighted by Crippen LogP contribution is 2.36. The van der Waals surface area contributed by atoms with E-state index >= 15 is 0 Å². The molecule has 10 nitrogen and oxygen atoms in total. The molecule has 2 aromatic carbocycles. The van der Waals surface area contributed by atoms with Crippen molar-refractivity contribution in [2.24, 2.45) is 0 Å². The zero-order chi connectivity index (χ0) is 32.7. The molecule has 0 aliphatic rings. The Morgan fingerprint density at radius 3 is 2.49 bits per heavy atom. The average Bonchev–Trinajstić information content (AvgIpc) is 3.02. The van der Waals surface area contributed by atoms with Gasteiger partial charge in [0.05, 0.1) is 23.9 Å². The summed E-state index contributed by atoms with van der Waals surface area (Å²) in [7, 11) is 5.50. The third-order valence-electron chi connectivity index (χ3n) is 6.78. The number of nitrogens with zero attached hydrogens (tertiary/aromatic N) is 4. The van der Waals surface area contributed by atoms with Gasteiger partial charge in [-0.15, -0.1) is 0 Å². The van der Waals surface area contributed by atoms with Crippen molar-refractivity contribution in [3.63, 3.8) is 0 Å². The van der Waals surface area contributed by atoms with Crippen LogP contribution in [0.2, 0.25) is 10.0 Å². The molecule has 0 bridgehead atoms. The van der Waals surface area contributed by atoms with Gasteiger partial charge in [-0.25, -0.2) is 14.8 Å². The van der Waals surface area contributed by atoms with Gasteiger partial charge in [-0.1, -0.05) is 41.4 Å². The summed E-state index contributed by atoms with van der Waals surface area (Å²) in [5, 5.41) is 4.14. The summed E-state index contributed by atoms with van der Waals surface area (Å²) in [4.78, 5) is 49.2. The van der Waals surface area contributed by atoms with Crippen molar-refractivity contribution in [3.05, 3.63) is 93.4 Å². The van der Waals surface area contributed by atoms with Crippen LogP contribution >= 0.6 is 23.2 Å². The lowest BCUT2D eigenvalue weighted by atomic mass is 10.1. The zero-order valence-corrected chi connectivity index (χ0v) is 27.1. The van der Waals surface area contributed by atoms with E-state index in [0.29, 0.717) is 33.1 Å². The molecule has 0 radical (unpaired) electrons. The van der Waals surface area contributed by atoms with Crippen molar-refractivity contribution in [2.75, 3.05) is 44.1 Å². The fourth-order valence-electron chi connectivity index (χ4n) is 4.42. The molecule has 2 heterocycles. The van der Waals surface area contributed by atoms with E-state index in [-0.39, 0.29) is 30.5 Å². The number of ether oxygens (including phenoxy) is 2. The number of pyridine rings is 2. The number of carbonyl (C=O) groups excluding carboxylic acids is 3. The highest BCUT2D eigenvalue weighted by atomic mass is 35.5. The standard InChI is InChI=1S/C33H33Cl2N5O5/c1-6-44-33(43)25-13-10-21(17-36-25)11-15-29(41)37-18-30(42)40(5)26-14-12-24(34)23(31(26)35)19-45-28-9-7-8-22-27(39(3)4)16-20(2)38-32(22)28/h7-17H,6,18-19H2,1-5H3,(H,37,41). The average molecular weight is 651 g/mol. The molecule has 0 saturated heterocycles. The Morgan fingerprint density at radius 2 is 1.80 bits per heavy atom. The van der Waals surface area contributed by atoms with E-state index in [1.165, 1.54) is 29.3 Å². The van der Waals surface area contributed by atoms with Gasteiger partial charge in [-0.05, 0) is 55.8 Å². The predicted molar refractivity (Wildman–Crippen MR) is 177 cm³/mol. The van der Waals surface area contributed by atoms with Crippen LogP contribution in [0.1, 0.15) is 34.2 Å². The Labute approximate surface area is 271 Å². The first-order chi connectivity index (χ1) is 21.5. The molecule has 0 spiro atoms. The monoisotopic (exact) mass is 649 g/mol. The number of aryl methyl sites for hydroxylation is 1. The molecule has 2 aromatic heterocycles. The summed E-state index contributed by atoms with van der Waals surface area (Å²) in [6.45, 7) is 3.64. The first-order valence-electron chi connectivity index (χ1n) is 14.0. The van der Waals surface area contributed by atoms with Gasteiger partial charge < -0.3 is 24.6 Å². The summed E-state index contributed by atoms with van der Waals surface area (Å²) in [6, 6.07) is 14.1. The molecule has 2 amide bonds. The number of nitrogens with one attached hydrogen (secondary N) is 1. The van der Waals surface area contributed by atoms with Crippen molar-refractivity contribution in [2.45, 2.75) is 20.5 Å². The van der Waals surface area contributed by atoms with Crippen LogP contribution in [0.25, 0.3) is 17.0 Å². The van der Waals surface area contributed by atoms with Gasteiger partial charge in [0.25, 0.3) is 0 Å². The highest BCUT2D eigenvalue weighted by Gasteiger charge is 2.20. The first-order valence-corrected chi connectivity index (χ1v) is 14.8. The van der Waals surface area contributed by atoms with Crippen molar-refractivity contribution >= 4 is 69.3 Å². The number of rotatable bonds is 11. The molecule has 0 aliphatic carbocycles. The fraction of sp³-hybridized carbons (Fsp3) is 0.242. The van der Waals surface area contributed by atoms with Gasteiger partial charge in [0.1, 0.15) is 23.6 Å². The van der Waals surface area contributed by atoms with Gasteiger partial charge in [0.2, 0.25) is 11.8 Å². The number of para-hydroxylation sites is 1. The normalized spacial score (nSPS) is 11.0. The Hall–Kier alpha value is -4.67. The summed E-state index contributed by atoms with van der Waals surface area (Å²) in [6.07, 6.45) is 4.23. The van der Waals surface area contributed by atoms with E-state index < -0.39 is 17.8 Å². The van der Waals surface area contributed by atoms with E-state index in [0.717, 1.165) is 16.8 Å². The number of anilines is 2. The summed E-state index contributed by atoms with van der Waals surface area (Å²) in [5.74, 6) is -0.843. The molecular formula is C33H33Cl2N5O5. The summed E-state index contributed by atoms with van der Waals surface area (Å²) >= 11 is 13.3. The number of hydrogen-bond acceptors (Lipinski definition) is 8. The molecule has 45 heavy (non-hydrogen) atoms. The van der Waals surface area contributed by atoms with Gasteiger partial charge in [0, 0.05) is 60.8 Å². The molecule has 4 rings (SSSR count). The van der Waals surface area contributed by atoms with Crippen molar-refractivity contribution in [1.29, 1.82) is 0 Å². The lowest BCUT2D eigenvalue weighted by Crippen LogP contribution is -2.37. The highest BCUT2D eigenvalue weighted by molar-refractivity contribution is 6.38. The maximum Gasteiger partial charge on any atom is 0.356 e. The molecule has 0 atom stereocenters. The Bertz CT molecular complexity index is 1760. The Morgan fingerprint density at radius 1 is 1.02 bits per heavy atom. The minimum absolute atomic E-state index is 0.0384. The fourth-order valence-corrected chi connectivity index (χ4v) is 5.02. The lowest BCUT2D eigenvalue weighted by Gasteiger charge is -2.21. The minimum atomic E-state index is -0.523. The number of halogens is 2. The third kappa shape index (κ3) is 8.09. The lowest BCUT2D eigenvalue weighted by molar-refractivity contribution is -0.122. The van der Waals surface area contributed by atoms with E-state index in [1.807, 2.05) is 50.2 Å². The van der Waals surface area contributed by atoms with Gasteiger partial charge >= 0.3 is 5.97 Å². The molecule has 0 unspecified atom stereocenters. The third-order valence-corrected chi connectivity index (χ3v) is 7.55. The van der Waals surface area contributed by atoms with Crippen LogP contribution in [-0.2, 0) is 20.9 Å². The molecule has 12 heteroatoms. The van der Waals surface area contributed by atoms with Crippen LogP contribution in [0.5, 0.6) is 5.75 Å². The number of amides is 2.